The van der Waals surface area contributed by atoms with E-state index in [1.807, 2.05) is 11.8 Å². The van der Waals surface area contributed by atoms with Crippen LogP contribution >= 0.6 is 11.8 Å². The van der Waals surface area contributed by atoms with Crippen LogP contribution in [0.4, 0.5) is 0 Å². The first-order valence-electron chi connectivity index (χ1n) is 8.21. The quantitative estimate of drug-likeness (QED) is 0.627. The average Bonchev–Trinajstić information content (AvgIpc) is 2.78. The molecule has 1 heterocycles. The van der Waals surface area contributed by atoms with E-state index in [-0.39, 0.29) is 12.2 Å². The first kappa shape index (κ1) is 17.8. The van der Waals surface area contributed by atoms with Gasteiger partial charge in [-0.1, -0.05) is 40.0 Å². The van der Waals surface area contributed by atoms with Gasteiger partial charge in [-0.2, -0.15) is 11.8 Å². The molecule has 0 radical (unpaired) electrons. The molecule has 3 unspecified atom stereocenters. The number of unbranched alkanes of at least 4 members (excludes halogenated alkanes) is 3. The molecule has 118 valence electrons. The summed E-state index contributed by atoms with van der Waals surface area (Å²) in [6.07, 6.45) is 9.47. The standard InChI is InChI=1S/C16H32N2OS/c1-5-13(3)15-16(19)18(14(6-2)17-15)11-9-7-8-10-12-20-4/h13-15,17H,5-12H2,1-4H3. The Balaban J connectivity index is 2.37. The second-order valence-electron chi connectivity index (χ2n) is 5.89. The summed E-state index contributed by atoms with van der Waals surface area (Å²) >= 11 is 1.92. The van der Waals surface area contributed by atoms with E-state index < -0.39 is 0 Å². The van der Waals surface area contributed by atoms with E-state index >= 15 is 0 Å². The smallest absolute Gasteiger partial charge is 0.241 e. The number of nitrogens with one attached hydrogen (secondary N) is 1. The molecule has 1 amide bonds. The Kier molecular flexibility index (Phi) is 8.62. The van der Waals surface area contributed by atoms with E-state index in [2.05, 4.69) is 37.2 Å². The van der Waals surface area contributed by atoms with Gasteiger partial charge in [0.05, 0.1) is 12.2 Å². The predicted octanol–water partition coefficient (Wildman–Crippen LogP) is 3.49. The van der Waals surface area contributed by atoms with Gasteiger partial charge in [-0.3, -0.25) is 10.1 Å². The molecule has 4 heteroatoms. The SMILES string of the molecule is CCC(C)C1NC(CC)N(CCCCCCSC)C1=O. The Morgan fingerprint density at radius 1 is 1.25 bits per heavy atom. The molecule has 3 nitrogen and oxygen atoms in total. The molecule has 0 aliphatic carbocycles. The molecular weight excluding hydrogens is 268 g/mol. The Labute approximate surface area is 129 Å². The van der Waals surface area contributed by atoms with E-state index in [1.54, 1.807) is 0 Å². The molecular formula is C16H32N2OS. The van der Waals surface area contributed by atoms with Gasteiger partial charge in [0.25, 0.3) is 0 Å². The third-order valence-electron chi connectivity index (χ3n) is 4.39. The molecule has 20 heavy (non-hydrogen) atoms. The summed E-state index contributed by atoms with van der Waals surface area (Å²) < 4.78 is 0. The molecule has 0 saturated carbocycles. The number of thioether (sulfide) groups is 1. The van der Waals surface area contributed by atoms with Gasteiger partial charge in [0.15, 0.2) is 0 Å². The maximum atomic E-state index is 12.5. The van der Waals surface area contributed by atoms with Gasteiger partial charge < -0.3 is 4.90 Å². The molecule has 1 aliphatic rings. The van der Waals surface area contributed by atoms with E-state index in [1.165, 1.54) is 25.0 Å². The highest BCUT2D eigenvalue weighted by Gasteiger charge is 2.39. The first-order valence-corrected chi connectivity index (χ1v) is 9.60. The van der Waals surface area contributed by atoms with Crippen LogP contribution in [0.5, 0.6) is 0 Å². The summed E-state index contributed by atoms with van der Waals surface area (Å²) in [7, 11) is 0. The summed E-state index contributed by atoms with van der Waals surface area (Å²) in [5, 5.41) is 3.53. The lowest BCUT2D eigenvalue weighted by atomic mass is 9.99. The number of hydrogen-bond donors (Lipinski definition) is 1. The van der Waals surface area contributed by atoms with Crippen molar-refractivity contribution in [3.63, 3.8) is 0 Å². The van der Waals surface area contributed by atoms with E-state index in [9.17, 15) is 4.79 Å². The maximum Gasteiger partial charge on any atom is 0.241 e. The van der Waals surface area contributed by atoms with Crippen molar-refractivity contribution in [2.45, 2.75) is 71.5 Å². The predicted molar refractivity (Wildman–Crippen MR) is 89.0 cm³/mol. The van der Waals surface area contributed by atoms with Crippen LogP contribution in [0.25, 0.3) is 0 Å². The van der Waals surface area contributed by atoms with Crippen LogP contribution in [0, 0.1) is 5.92 Å². The highest BCUT2D eigenvalue weighted by atomic mass is 32.2. The van der Waals surface area contributed by atoms with Crippen molar-refractivity contribution in [3.05, 3.63) is 0 Å². The minimum Gasteiger partial charge on any atom is -0.326 e. The molecule has 0 aromatic heterocycles. The van der Waals surface area contributed by atoms with Crippen molar-refractivity contribution < 1.29 is 4.79 Å². The van der Waals surface area contributed by atoms with E-state index in [0.717, 1.165) is 25.8 Å². The fraction of sp³-hybridized carbons (Fsp3) is 0.938. The van der Waals surface area contributed by atoms with Crippen LogP contribution in [0.3, 0.4) is 0 Å². The second-order valence-corrected chi connectivity index (χ2v) is 6.88. The van der Waals surface area contributed by atoms with Crippen LogP contribution in [-0.2, 0) is 4.79 Å². The zero-order chi connectivity index (χ0) is 15.0. The third kappa shape index (κ3) is 4.96. The molecule has 0 spiro atoms. The fourth-order valence-electron chi connectivity index (χ4n) is 2.83. The van der Waals surface area contributed by atoms with Crippen molar-refractivity contribution in [1.29, 1.82) is 0 Å². The summed E-state index contributed by atoms with van der Waals surface area (Å²) in [6.45, 7) is 7.43. The van der Waals surface area contributed by atoms with Crippen molar-refractivity contribution in [1.82, 2.24) is 10.2 Å². The third-order valence-corrected chi connectivity index (χ3v) is 5.09. The summed E-state index contributed by atoms with van der Waals surface area (Å²) in [4.78, 5) is 14.6. The van der Waals surface area contributed by atoms with Crippen LogP contribution < -0.4 is 5.32 Å². The van der Waals surface area contributed by atoms with Crippen LogP contribution in [0.1, 0.15) is 59.3 Å². The highest BCUT2D eigenvalue weighted by molar-refractivity contribution is 7.98. The van der Waals surface area contributed by atoms with Crippen molar-refractivity contribution >= 4 is 17.7 Å². The zero-order valence-electron chi connectivity index (χ0n) is 13.7. The molecule has 1 saturated heterocycles. The molecule has 1 rings (SSSR count). The number of carbonyl (C=O) groups excluding carboxylic acids is 1. The largest absolute Gasteiger partial charge is 0.326 e. The van der Waals surface area contributed by atoms with Gasteiger partial charge in [0.2, 0.25) is 5.91 Å². The van der Waals surface area contributed by atoms with Gasteiger partial charge in [-0.25, -0.2) is 0 Å². The van der Waals surface area contributed by atoms with Gasteiger partial charge >= 0.3 is 0 Å². The Morgan fingerprint density at radius 2 is 1.95 bits per heavy atom. The van der Waals surface area contributed by atoms with Gasteiger partial charge in [-0.05, 0) is 37.2 Å². The second kappa shape index (κ2) is 9.67. The van der Waals surface area contributed by atoms with Crippen molar-refractivity contribution in [2.24, 2.45) is 5.92 Å². The summed E-state index contributed by atoms with van der Waals surface area (Å²) in [6, 6.07) is 0.0430. The minimum absolute atomic E-state index is 0.0430. The average molecular weight is 301 g/mol. The van der Waals surface area contributed by atoms with Gasteiger partial charge in [0.1, 0.15) is 0 Å². The van der Waals surface area contributed by atoms with Crippen LogP contribution in [0.15, 0.2) is 0 Å². The highest BCUT2D eigenvalue weighted by Crippen LogP contribution is 2.21. The molecule has 1 N–H and O–H groups in total. The summed E-state index contributed by atoms with van der Waals surface area (Å²) in [5.74, 6) is 2.02. The van der Waals surface area contributed by atoms with Crippen molar-refractivity contribution in [3.8, 4) is 0 Å². The van der Waals surface area contributed by atoms with Gasteiger partial charge in [0, 0.05) is 6.54 Å². The molecule has 3 atom stereocenters. The topological polar surface area (TPSA) is 32.3 Å². The lowest BCUT2D eigenvalue weighted by molar-refractivity contribution is -0.131. The van der Waals surface area contributed by atoms with E-state index in [4.69, 9.17) is 0 Å². The maximum absolute atomic E-state index is 12.5. The van der Waals surface area contributed by atoms with Crippen LogP contribution in [0.2, 0.25) is 0 Å². The molecule has 1 aliphatic heterocycles. The fourth-order valence-corrected chi connectivity index (χ4v) is 3.32. The number of carbonyl (C=O) groups is 1. The minimum atomic E-state index is 0.0430. The van der Waals surface area contributed by atoms with Gasteiger partial charge in [-0.15, -0.1) is 0 Å². The lowest BCUT2D eigenvalue weighted by Gasteiger charge is -2.23. The Morgan fingerprint density at radius 3 is 2.55 bits per heavy atom. The normalized spacial score (nSPS) is 24.4. The zero-order valence-corrected chi connectivity index (χ0v) is 14.5. The number of rotatable bonds is 10. The molecule has 1 fully saturated rings. The Bertz CT molecular complexity index is 286. The summed E-state index contributed by atoms with van der Waals surface area (Å²) in [5.41, 5.74) is 0. The lowest BCUT2D eigenvalue weighted by Crippen LogP contribution is -2.37. The van der Waals surface area contributed by atoms with Crippen molar-refractivity contribution in [2.75, 3.05) is 18.6 Å². The first-order chi connectivity index (χ1) is 9.65. The number of amides is 1. The van der Waals surface area contributed by atoms with E-state index in [0.29, 0.717) is 11.8 Å². The molecule has 0 aromatic carbocycles. The monoisotopic (exact) mass is 300 g/mol. The number of hydrogen-bond acceptors (Lipinski definition) is 3. The molecule has 0 aromatic rings. The molecule has 0 bridgehead atoms. The number of nitrogens with zero attached hydrogens (tertiary/aromatic N) is 1. The Hall–Kier alpha value is -0.220. The van der Waals surface area contributed by atoms with Crippen LogP contribution in [-0.4, -0.2) is 41.6 Å².